The molecule has 1 aromatic heterocycles. The predicted molar refractivity (Wildman–Crippen MR) is 107 cm³/mol. The van der Waals surface area contributed by atoms with Crippen molar-refractivity contribution in [1.29, 1.82) is 0 Å². The van der Waals surface area contributed by atoms with Gasteiger partial charge in [-0.15, -0.1) is 0 Å². The van der Waals surface area contributed by atoms with Crippen molar-refractivity contribution in [2.45, 2.75) is 13.8 Å². The smallest absolute Gasteiger partial charge is 0.357 e. The lowest BCUT2D eigenvalue weighted by Crippen LogP contribution is -2.31. The third kappa shape index (κ3) is 4.85. The van der Waals surface area contributed by atoms with Gasteiger partial charge in [0, 0.05) is 12.1 Å². The van der Waals surface area contributed by atoms with Crippen LogP contribution in [0.2, 0.25) is 0 Å². The SMILES string of the molecule is CC(C)CNC(=O)COC(=O)c1cc(-c2ccccc2)nn1-c1ccccc1. The number of rotatable bonds is 7. The van der Waals surface area contributed by atoms with E-state index in [-0.39, 0.29) is 18.2 Å². The Hall–Kier alpha value is -3.41. The summed E-state index contributed by atoms with van der Waals surface area (Å²) >= 11 is 0. The van der Waals surface area contributed by atoms with Gasteiger partial charge < -0.3 is 10.1 Å². The van der Waals surface area contributed by atoms with E-state index in [9.17, 15) is 9.59 Å². The quantitative estimate of drug-likeness (QED) is 0.640. The molecule has 1 amide bonds. The summed E-state index contributed by atoms with van der Waals surface area (Å²) in [7, 11) is 0. The molecule has 0 saturated carbocycles. The molecule has 0 aliphatic heterocycles. The molecule has 3 rings (SSSR count). The molecular formula is C22H23N3O3. The summed E-state index contributed by atoms with van der Waals surface area (Å²) in [6, 6.07) is 20.6. The lowest BCUT2D eigenvalue weighted by molar-refractivity contribution is -0.124. The van der Waals surface area contributed by atoms with Crippen LogP contribution in [0.25, 0.3) is 16.9 Å². The van der Waals surface area contributed by atoms with Gasteiger partial charge in [0.15, 0.2) is 12.3 Å². The zero-order valence-electron chi connectivity index (χ0n) is 16.0. The van der Waals surface area contributed by atoms with Crippen LogP contribution in [0.3, 0.4) is 0 Å². The summed E-state index contributed by atoms with van der Waals surface area (Å²) < 4.78 is 6.76. The summed E-state index contributed by atoms with van der Waals surface area (Å²) in [5.74, 6) is -0.595. The molecule has 1 heterocycles. The summed E-state index contributed by atoms with van der Waals surface area (Å²) in [6.07, 6.45) is 0. The average molecular weight is 377 g/mol. The van der Waals surface area contributed by atoms with Crippen molar-refractivity contribution in [2.75, 3.05) is 13.2 Å². The van der Waals surface area contributed by atoms with Gasteiger partial charge in [0.2, 0.25) is 0 Å². The molecule has 28 heavy (non-hydrogen) atoms. The third-order valence-electron chi connectivity index (χ3n) is 4.03. The lowest BCUT2D eigenvalue weighted by atomic mass is 10.1. The molecule has 0 aliphatic rings. The van der Waals surface area contributed by atoms with E-state index in [1.165, 1.54) is 4.68 Å². The second-order valence-corrected chi connectivity index (χ2v) is 6.80. The highest BCUT2D eigenvalue weighted by Gasteiger charge is 2.20. The van der Waals surface area contributed by atoms with Gasteiger partial charge in [-0.1, -0.05) is 62.4 Å². The number of aromatic nitrogens is 2. The van der Waals surface area contributed by atoms with Crippen LogP contribution in [0.4, 0.5) is 0 Å². The molecule has 0 unspecified atom stereocenters. The first kappa shape index (κ1) is 19.4. The minimum atomic E-state index is -0.599. The Morgan fingerprint density at radius 2 is 1.68 bits per heavy atom. The number of nitrogens with zero attached hydrogens (tertiary/aromatic N) is 2. The van der Waals surface area contributed by atoms with Crippen molar-refractivity contribution < 1.29 is 14.3 Å². The molecule has 1 N–H and O–H groups in total. The van der Waals surface area contributed by atoms with Gasteiger partial charge in [0.1, 0.15) is 0 Å². The number of amides is 1. The van der Waals surface area contributed by atoms with Crippen LogP contribution in [0, 0.1) is 5.92 Å². The fourth-order valence-corrected chi connectivity index (χ4v) is 2.62. The zero-order chi connectivity index (χ0) is 19.9. The number of esters is 1. The minimum absolute atomic E-state index is 0.265. The lowest BCUT2D eigenvalue weighted by Gasteiger charge is -2.09. The van der Waals surface area contributed by atoms with Gasteiger partial charge in [-0.05, 0) is 24.1 Å². The fourth-order valence-electron chi connectivity index (χ4n) is 2.62. The van der Waals surface area contributed by atoms with Crippen molar-refractivity contribution in [1.82, 2.24) is 15.1 Å². The van der Waals surface area contributed by atoms with Crippen LogP contribution < -0.4 is 5.32 Å². The van der Waals surface area contributed by atoms with Crippen LogP contribution in [0.1, 0.15) is 24.3 Å². The first-order valence-corrected chi connectivity index (χ1v) is 9.19. The van der Waals surface area contributed by atoms with Crippen molar-refractivity contribution in [3.05, 3.63) is 72.4 Å². The number of carbonyl (C=O) groups is 2. The molecule has 0 atom stereocenters. The Balaban J connectivity index is 1.83. The number of hydrogen-bond donors (Lipinski definition) is 1. The van der Waals surface area contributed by atoms with Crippen LogP contribution in [0.5, 0.6) is 0 Å². The summed E-state index contributed by atoms with van der Waals surface area (Å²) in [5, 5.41) is 7.30. The van der Waals surface area contributed by atoms with E-state index in [4.69, 9.17) is 4.74 Å². The van der Waals surface area contributed by atoms with Crippen LogP contribution >= 0.6 is 0 Å². The molecule has 0 spiro atoms. The van der Waals surface area contributed by atoms with Gasteiger partial charge >= 0.3 is 5.97 Å². The van der Waals surface area contributed by atoms with Gasteiger partial charge in [0.25, 0.3) is 5.91 Å². The number of para-hydroxylation sites is 1. The molecule has 0 bridgehead atoms. The topological polar surface area (TPSA) is 73.2 Å². The number of nitrogens with one attached hydrogen (secondary N) is 1. The minimum Gasteiger partial charge on any atom is -0.451 e. The van der Waals surface area contributed by atoms with Gasteiger partial charge in [0.05, 0.1) is 11.4 Å². The molecular weight excluding hydrogens is 354 g/mol. The first-order chi connectivity index (χ1) is 13.5. The number of carbonyl (C=O) groups excluding carboxylic acids is 2. The molecule has 3 aromatic rings. The number of benzene rings is 2. The van der Waals surface area contributed by atoms with Gasteiger partial charge in [-0.3, -0.25) is 4.79 Å². The Kier molecular flexibility index (Phi) is 6.22. The summed E-state index contributed by atoms with van der Waals surface area (Å²) in [6.45, 7) is 4.20. The molecule has 6 heteroatoms. The maximum atomic E-state index is 12.7. The molecule has 0 aliphatic carbocycles. The molecule has 0 saturated heterocycles. The van der Waals surface area contributed by atoms with E-state index in [0.29, 0.717) is 18.2 Å². The zero-order valence-corrected chi connectivity index (χ0v) is 16.0. The summed E-state index contributed by atoms with van der Waals surface area (Å²) in [4.78, 5) is 24.5. The van der Waals surface area contributed by atoms with Gasteiger partial charge in [-0.2, -0.15) is 5.10 Å². The summed E-state index contributed by atoms with van der Waals surface area (Å²) in [5.41, 5.74) is 2.55. The molecule has 6 nitrogen and oxygen atoms in total. The highest BCUT2D eigenvalue weighted by atomic mass is 16.5. The molecule has 2 aromatic carbocycles. The van der Waals surface area contributed by atoms with Crippen molar-refractivity contribution in [2.24, 2.45) is 5.92 Å². The fraction of sp³-hybridized carbons (Fsp3) is 0.227. The second kappa shape index (κ2) is 8.99. The number of ether oxygens (including phenoxy) is 1. The van der Waals surface area contributed by atoms with Crippen molar-refractivity contribution in [3.63, 3.8) is 0 Å². The first-order valence-electron chi connectivity index (χ1n) is 9.19. The molecule has 144 valence electrons. The highest BCUT2D eigenvalue weighted by Crippen LogP contribution is 2.22. The van der Waals surface area contributed by atoms with Crippen LogP contribution in [0.15, 0.2) is 66.7 Å². The Morgan fingerprint density at radius 3 is 2.32 bits per heavy atom. The Labute approximate surface area is 164 Å². The van der Waals surface area contributed by atoms with E-state index in [1.807, 2.05) is 74.5 Å². The van der Waals surface area contributed by atoms with Crippen LogP contribution in [-0.4, -0.2) is 34.8 Å². The third-order valence-corrected chi connectivity index (χ3v) is 4.03. The Bertz CT molecular complexity index is 934. The van der Waals surface area contributed by atoms with E-state index >= 15 is 0 Å². The maximum Gasteiger partial charge on any atom is 0.357 e. The van der Waals surface area contributed by atoms with E-state index < -0.39 is 5.97 Å². The van der Waals surface area contributed by atoms with E-state index in [2.05, 4.69) is 10.4 Å². The van der Waals surface area contributed by atoms with Crippen LogP contribution in [-0.2, 0) is 9.53 Å². The standard InChI is InChI=1S/C22H23N3O3/c1-16(2)14-23-21(26)15-28-22(27)20-13-19(17-9-5-3-6-10-17)24-25(20)18-11-7-4-8-12-18/h3-13,16H,14-15H2,1-2H3,(H,23,26). The average Bonchev–Trinajstić information content (AvgIpc) is 3.17. The van der Waals surface area contributed by atoms with Crippen molar-refractivity contribution in [3.8, 4) is 16.9 Å². The normalized spacial score (nSPS) is 10.7. The van der Waals surface area contributed by atoms with Crippen molar-refractivity contribution >= 4 is 11.9 Å². The maximum absolute atomic E-state index is 12.7. The van der Waals surface area contributed by atoms with E-state index in [1.54, 1.807) is 6.07 Å². The highest BCUT2D eigenvalue weighted by molar-refractivity contribution is 5.91. The second-order valence-electron chi connectivity index (χ2n) is 6.80. The molecule has 0 radical (unpaired) electrons. The van der Waals surface area contributed by atoms with Gasteiger partial charge in [-0.25, -0.2) is 9.48 Å². The Morgan fingerprint density at radius 1 is 1.04 bits per heavy atom. The molecule has 0 fully saturated rings. The largest absolute Gasteiger partial charge is 0.451 e. The monoisotopic (exact) mass is 377 g/mol. The predicted octanol–water partition coefficient (Wildman–Crippen LogP) is 3.47. The number of hydrogen-bond acceptors (Lipinski definition) is 4. The van der Waals surface area contributed by atoms with E-state index in [0.717, 1.165) is 11.3 Å².